The second-order valence-corrected chi connectivity index (χ2v) is 7.86. The van der Waals surface area contributed by atoms with E-state index in [9.17, 15) is 18.0 Å². The number of alkyl halides is 3. The fraction of sp³-hybridized carbons (Fsp3) is 0.579. The number of aromatic nitrogens is 1. The quantitative estimate of drug-likeness (QED) is 0.697. The van der Waals surface area contributed by atoms with Crippen molar-refractivity contribution in [2.75, 3.05) is 0 Å². The molecule has 0 saturated carbocycles. The van der Waals surface area contributed by atoms with E-state index in [0.29, 0.717) is 12.1 Å². The van der Waals surface area contributed by atoms with Gasteiger partial charge < -0.3 is 4.74 Å². The van der Waals surface area contributed by atoms with Gasteiger partial charge in [0.1, 0.15) is 5.60 Å². The number of carbonyl (C=O) groups is 1. The van der Waals surface area contributed by atoms with Gasteiger partial charge in [-0.25, -0.2) is 4.79 Å². The summed E-state index contributed by atoms with van der Waals surface area (Å²) in [5.41, 5.74) is -0.188. The Labute approximate surface area is 151 Å². The minimum absolute atomic E-state index is 0.0695. The van der Waals surface area contributed by atoms with E-state index in [1.165, 1.54) is 6.20 Å². The van der Waals surface area contributed by atoms with Crippen LogP contribution in [0.1, 0.15) is 57.7 Å². The van der Waals surface area contributed by atoms with Crippen LogP contribution in [0.5, 0.6) is 0 Å². The molecule has 1 aromatic rings. The Bertz CT molecular complexity index is 722. The molecule has 0 N–H and O–H groups in total. The first-order valence-corrected chi connectivity index (χ1v) is 8.80. The third-order valence-corrected chi connectivity index (χ3v) is 4.66. The maximum atomic E-state index is 13.0. The Morgan fingerprint density at radius 1 is 1.27 bits per heavy atom. The second kappa shape index (κ2) is 6.59. The maximum Gasteiger partial charge on any atom is 0.416 e. The zero-order valence-corrected chi connectivity index (χ0v) is 15.1. The highest BCUT2D eigenvalue weighted by Crippen LogP contribution is 2.38. The molecule has 2 atom stereocenters. The van der Waals surface area contributed by atoms with Gasteiger partial charge in [0, 0.05) is 12.2 Å². The van der Waals surface area contributed by atoms with Gasteiger partial charge in [-0.1, -0.05) is 6.08 Å². The lowest BCUT2D eigenvalue weighted by Gasteiger charge is -2.45. The molecule has 1 amide bonds. The van der Waals surface area contributed by atoms with Crippen LogP contribution in [-0.4, -0.2) is 33.7 Å². The van der Waals surface area contributed by atoms with E-state index in [1.54, 1.807) is 4.90 Å². The molecule has 1 fully saturated rings. The summed E-state index contributed by atoms with van der Waals surface area (Å²) in [6, 6.07) is 1.83. The average Bonchev–Trinajstić information content (AvgIpc) is 2.51. The predicted molar refractivity (Wildman–Crippen MR) is 91.3 cm³/mol. The smallest absolute Gasteiger partial charge is 0.416 e. The van der Waals surface area contributed by atoms with Crippen LogP contribution in [0.2, 0.25) is 0 Å². The van der Waals surface area contributed by atoms with Crippen molar-refractivity contribution in [3.8, 4) is 0 Å². The lowest BCUT2D eigenvalue weighted by molar-refractivity contribution is -0.137. The number of hydrogen-bond acceptors (Lipinski definition) is 3. The fourth-order valence-electron chi connectivity index (χ4n) is 3.60. The zero-order chi connectivity index (χ0) is 19.1. The van der Waals surface area contributed by atoms with Crippen molar-refractivity contribution < 1.29 is 22.7 Å². The molecule has 3 heterocycles. The van der Waals surface area contributed by atoms with E-state index in [1.807, 2.05) is 26.8 Å². The number of rotatable bonds is 1. The first kappa shape index (κ1) is 18.7. The van der Waals surface area contributed by atoms with Crippen molar-refractivity contribution in [3.05, 3.63) is 35.7 Å². The van der Waals surface area contributed by atoms with Gasteiger partial charge in [0.2, 0.25) is 0 Å². The molecule has 4 nitrogen and oxygen atoms in total. The van der Waals surface area contributed by atoms with Crippen molar-refractivity contribution in [1.82, 2.24) is 9.88 Å². The second-order valence-electron chi connectivity index (χ2n) is 7.86. The van der Waals surface area contributed by atoms with Crippen LogP contribution in [0.15, 0.2) is 24.4 Å². The van der Waals surface area contributed by atoms with Gasteiger partial charge in [-0.2, -0.15) is 13.2 Å². The predicted octanol–water partition coefficient (Wildman–Crippen LogP) is 5.05. The van der Waals surface area contributed by atoms with Crippen LogP contribution in [0.3, 0.4) is 0 Å². The summed E-state index contributed by atoms with van der Waals surface area (Å²) in [7, 11) is 0. The average molecular weight is 368 g/mol. The third-order valence-electron chi connectivity index (χ3n) is 4.66. The zero-order valence-electron chi connectivity index (χ0n) is 15.1. The molecule has 2 bridgehead atoms. The molecule has 1 aromatic heterocycles. The molecule has 0 aromatic carbocycles. The van der Waals surface area contributed by atoms with Gasteiger partial charge >= 0.3 is 12.3 Å². The van der Waals surface area contributed by atoms with Crippen LogP contribution < -0.4 is 0 Å². The molecular weight excluding hydrogens is 345 g/mol. The normalized spacial score (nSPS) is 23.5. The molecule has 3 rings (SSSR count). The minimum Gasteiger partial charge on any atom is -0.444 e. The number of hydrogen-bond donors (Lipinski definition) is 0. The number of pyridine rings is 1. The maximum absolute atomic E-state index is 13.0. The number of amides is 1. The van der Waals surface area contributed by atoms with E-state index >= 15 is 0 Å². The van der Waals surface area contributed by atoms with Crippen LogP contribution in [0.25, 0.3) is 5.57 Å². The molecule has 7 heteroatoms. The van der Waals surface area contributed by atoms with Crippen molar-refractivity contribution in [1.29, 1.82) is 0 Å². The standard InChI is InChI=1S/C19H23F3N2O2/c1-18(2,3)26-17(25)24-14-5-4-6-15(24)10-12(9-14)16-11-13(7-8-23-16)19(20,21)22/h7-9,11,14-15H,4-6,10H2,1-3H3. The van der Waals surface area contributed by atoms with E-state index in [-0.39, 0.29) is 18.2 Å². The van der Waals surface area contributed by atoms with E-state index in [4.69, 9.17) is 4.74 Å². The molecule has 2 aliphatic heterocycles. The summed E-state index contributed by atoms with van der Waals surface area (Å²) in [5, 5.41) is 0. The highest BCUT2D eigenvalue weighted by Gasteiger charge is 2.40. The monoisotopic (exact) mass is 368 g/mol. The number of piperidine rings is 1. The molecule has 0 aliphatic carbocycles. The van der Waals surface area contributed by atoms with Gasteiger partial charge in [0.25, 0.3) is 0 Å². The Morgan fingerprint density at radius 3 is 2.62 bits per heavy atom. The number of nitrogens with zero attached hydrogens (tertiary/aromatic N) is 2. The lowest BCUT2D eigenvalue weighted by Crippen LogP contribution is -2.53. The molecular formula is C19H23F3N2O2. The number of ether oxygens (including phenoxy) is 1. The Hall–Kier alpha value is -2.05. The number of carbonyl (C=O) groups excluding carboxylic acids is 1. The summed E-state index contributed by atoms with van der Waals surface area (Å²) in [6.07, 6.45) is 1.37. The van der Waals surface area contributed by atoms with E-state index < -0.39 is 17.3 Å². The van der Waals surface area contributed by atoms with Gasteiger partial charge in [-0.15, -0.1) is 0 Å². The summed E-state index contributed by atoms with van der Waals surface area (Å²) < 4.78 is 44.4. The summed E-state index contributed by atoms with van der Waals surface area (Å²) in [6.45, 7) is 5.45. The first-order chi connectivity index (χ1) is 12.0. The SMILES string of the molecule is CC(C)(C)OC(=O)N1C2C=C(c3cc(C(F)(F)F)ccn3)CC1CCC2. The van der Waals surface area contributed by atoms with Gasteiger partial charge in [0.05, 0.1) is 17.3 Å². The Balaban J connectivity index is 1.88. The van der Waals surface area contributed by atoms with Crippen molar-refractivity contribution in [2.24, 2.45) is 0 Å². The Morgan fingerprint density at radius 2 is 2.00 bits per heavy atom. The molecule has 0 spiro atoms. The summed E-state index contributed by atoms with van der Waals surface area (Å²) in [4.78, 5) is 18.4. The van der Waals surface area contributed by atoms with Crippen LogP contribution in [0.4, 0.5) is 18.0 Å². The molecule has 26 heavy (non-hydrogen) atoms. The van der Waals surface area contributed by atoms with E-state index in [2.05, 4.69) is 4.98 Å². The van der Waals surface area contributed by atoms with Gasteiger partial charge in [-0.3, -0.25) is 9.88 Å². The first-order valence-electron chi connectivity index (χ1n) is 8.80. The third kappa shape index (κ3) is 4.02. The largest absolute Gasteiger partial charge is 0.444 e. The van der Waals surface area contributed by atoms with Gasteiger partial charge in [-0.05, 0) is 64.2 Å². The Kier molecular flexibility index (Phi) is 4.75. The summed E-state index contributed by atoms with van der Waals surface area (Å²) in [5.74, 6) is 0. The lowest BCUT2D eigenvalue weighted by atomic mass is 9.84. The fourth-order valence-corrected chi connectivity index (χ4v) is 3.60. The molecule has 142 valence electrons. The minimum atomic E-state index is -4.40. The van der Waals surface area contributed by atoms with Crippen molar-refractivity contribution in [2.45, 2.75) is 70.3 Å². The van der Waals surface area contributed by atoms with Crippen molar-refractivity contribution in [3.63, 3.8) is 0 Å². The van der Waals surface area contributed by atoms with Gasteiger partial charge in [0.15, 0.2) is 0 Å². The highest BCUT2D eigenvalue weighted by molar-refractivity contribution is 5.74. The van der Waals surface area contributed by atoms with Crippen LogP contribution in [0, 0.1) is 0 Å². The molecule has 0 radical (unpaired) electrons. The molecule has 2 unspecified atom stereocenters. The topological polar surface area (TPSA) is 42.4 Å². The summed E-state index contributed by atoms with van der Waals surface area (Å²) >= 11 is 0. The van der Waals surface area contributed by atoms with Crippen LogP contribution >= 0.6 is 0 Å². The van der Waals surface area contributed by atoms with E-state index in [0.717, 1.165) is 37.0 Å². The number of halogens is 3. The van der Waals surface area contributed by atoms with Crippen LogP contribution in [-0.2, 0) is 10.9 Å². The highest BCUT2D eigenvalue weighted by atomic mass is 19.4. The molecule has 1 saturated heterocycles. The molecule has 2 aliphatic rings. The number of fused-ring (bicyclic) bond motifs is 2. The van der Waals surface area contributed by atoms with Crippen molar-refractivity contribution >= 4 is 11.7 Å².